The second-order valence-electron chi connectivity index (χ2n) is 9.04. The molecule has 2 aromatic heterocycles. The number of nitrogens with one attached hydrogen (secondary N) is 1. The van der Waals surface area contributed by atoms with E-state index >= 15 is 0 Å². The lowest BCUT2D eigenvalue weighted by atomic mass is 9.80. The Morgan fingerprint density at radius 3 is 2.62 bits per heavy atom. The van der Waals surface area contributed by atoms with Crippen LogP contribution in [-0.2, 0) is 11.3 Å². The first kappa shape index (κ1) is 22.1. The van der Waals surface area contributed by atoms with Crippen LogP contribution in [0.1, 0.15) is 53.2 Å². The van der Waals surface area contributed by atoms with Crippen LogP contribution in [0.15, 0.2) is 54.7 Å². The van der Waals surface area contributed by atoms with E-state index in [0.29, 0.717) is 5.56 Å². The van der Waals surface area contributed by atoms with Crippen LogP contribution >= 0.6 is 0 Å². The zero-order chi connectivity index (χ0) is 23.8. The number of pyridine rings is 1. The van der Waals surface area contributed by atoms with Gasteiger partial charge in [-0.3, -0.25) is 14.6 Å². The summed E-state index contributed by atoms with van der Waals surface area (Å²) in [6.07, 6.45) is 4.94. The highest BCUT2D eigenvalue weighted by atomic mass is 19.1. The Hall–Kier alpha value is -3.74. The Morgan fingerprint density at radius 1 is 1.09 bits per heavy atom. The Balaban J connectivity index is 1.34. The molecule has 0 saturated heterocycles. The SMILES string of the molecule is Cc1c(C2CCC(NC(=O)c3ccnc4ccccc34)CC2)c2cc(F)ccc2n1CC(=O)O. The molecule has 0 aliphatic heterocycles. The number of fused-ring (bicyclic) bond motifs is 2. The summed E-state index contributed by atoms with van der Waals surface area (Å²) in [6.45, 7) is 1.76. The van der Waals surface area contributed by atoms with Crippen LogP contribution in [0.25, 0.3) is 21.8 Å². The molecular formula is C27H26FN3O3. The van der Waals surface area contributed by atoms with Crippen molar-refractivity contribution in [2.24, 2.45) is 0 Å². The van der Waals surface area contributed by atoms with E-state index in [4.69, 9.17) is 0 Å². The fraction of sp³-hybridized carbons (Fsp3) is 0.296. The van der Waals surface area contributed by atoms with Gasteiger partial charge in [0.15, 0.2) is 0 Å². The highest BCUT2D eigenvalue weighted by Crippen LogP contribution is 2.40. The molecule has 4 aromatic rings. The van der Waals surface area contributed by atoms with E-state index in [1.165, 1.54) is 12.1 Å². The zero-order valence-corrected chi connectivity index (χ0v) is 18.9. The highest BCUT2D eigenvalue weighted by molar-refractivity contribution is 6.06. The van der Waals surface area contributed by atoms with Gasteiger partial charge in [0.25, 0.3) is 5.91 Å². The first-order valence-electron chi connectivity index (χ1n) is 11.6. The topological polar surface area (TPSA) is 84.2 Å². The van der Waals surface area contributed by atoms with Gasteiger partial charge in [0.2, 0.25) is 0 Å². The average Bonchev–Trinajstić information content (AvgIpc) is 3.09. The minimum Gasteiger partial charge on any atom is -0.480 e. The van der Waals surface area contributed by atoms with Crippen LogP contribution in [0, 0.1) is 12.7 Å². The van der Waals surface area contributed by atoms with E-state index in [-0.39, 0.29) is 30.2 Å². The quantitative estimate of drug-likeness (QED) is 0.431. The molecule has 0 spiro atoms. The molecule has 1 aliphatic rings. The third-order valence-corrected chi connectivity index (χ3v) is 6.99. The van der Waals surface area contributed by atoms with E-state index < -0.39 is 5.97 Å². The lowest BCUT2D eigenvalue weighted by Gasteiger charge is -2.30. The molecule has 34 heavy (non-hydrogen) atoms. The smallest absolute Gasteiger partial charge is 0.323 e. The predicted octanol–water partition coefficient (Wildman–Crippen LogP) is 5.18. The lowest BCUT2D eigenvalue weighted by Crippen LogP contribution is -2.37. The number of para-hydroxylation sites is 1. The van der Waals surface area contributed by atoms with Gasteiger partial charge >= 0.3 is 5.97 Å². The van der Waals surface area contributed by atoms with Crippen molar-refractivity contribution in [1.29, 1.82) is 0 Å². The summed E-state index contributed by atoms with van der Waals surface area (Å²) in [6, 6.07) is 14.0. The Kier molecular flexibility index (Phi) is 5.77. The molecule has 2 N–H and O–H groups in total. The lowest BCUT2D eigenvalue weighted by molar-refractivity contribution is -0.137. The van der Waals surface area contributed by atoms with Crippen molar-refractivity contribution >= 4 is 33.7 Å². The number of nitrogens with zero attached hydrogens (tertiary/aromatic N) is 2. The summed E-state index contributed by atoms with van der Waals surface area (Å²) in [4.78, 5) is 28.8. The van der Waals surface area contributed by atoms with Gasteiger partial charge in [-0.2, -0.15) is 0 Å². The van der Waals surface area contributed by atoms with Gasteiger partial charge in [-0.05, 0) is 74.4 Å². The van der Waals surface area contributed by atoms with Crippen molar-refractivity contribution in [3.05, 3.63) is 77.4 Å². The van der Waals surface area contributed by atoms with Gasteiger partial charge in [-0.15, -0.1) is 0 Å². The summed E-state index contributed by atoms with van der Waals surface area (Å²) in [5.74, 6) is -1.16. The number of rotatable bonds is 5. The van der Waals surface area contributed by atoms with Gasteiger partial charge in [0.1, 0.15) is 12.4 Å². The Morgan fingerprint density at radius 2 is 1.85 bits per heavy atom. The molecule has 1 aliphatic carbocycles. The first-order valence-corrected chi connectivity index (χ1v) is 11.6. The van der Waals surface area contributed by atoms with Crippen molar-refractivity contribution < 1.29 is 19.1 Å². The molecular weight excluding hydrogens is 433 g/mol. The normalized spacial score (nSPS) is 18.3. The van der Waals surface area contributed by atoms with Crippen LogP contribution in [0.5, 0.6) is 0 Å². The molecule has 2 heterocycles. The summed E-state index contributed by atoms with van der Waals surface area (Å²) in [7, 11) is 0. The molecule has 0 bridgehead atoms. The monoisotopic (exact) mass is 459 g/mol. The van der Waals surface area contributed by atoms with Crippen LogP contribution in [0.2, 0.25) is 0 Å². The maximum Gasteiger partial charge on any atom is 0.323 e. The summed E-state index contributed by atoms with van der Waals surface area (Å²) in [5.41, 5.74) is 4.06. The van der Waals surface area contributed by atoms with Crippen LogP contribution < -0.4 is 5.32 Å². The summed E-state index contributed by atoms with van der Waals surface area (Å²) < 4.78 is 15.8. The van der Waals surface area contributed by atoms with Gasteiger partial charge in [-0.25, -0.2) is 4.39 Å². The zero-order valence-electron chi connectivity index (χ0n) is 18.9. The van der Waals surface area contributed by atoms with Crippen molar-refractivity contribution in [2.75, 3.05) is 0 Å². The molecule has 1 amide bonds. The van der Waals surface area contributed by atoms with Gasteiger partial charge in [0, 0.05) is 34.2 Å². The minimum atomic E-state index is -0.925. The van der Waals surface area contributed by atoms with Gasteiger partial charge < -0.3 is 15.0 Å². The maximum atomic E-state index is 14.1. The fourth-order valence-electron chi connectivity index (χ4n) is 5.42. The summed E-state index contributed by atoms with van der Waals surface area (Å²) >= 11 is 0. The third kappa shape index (κ3) is 4.02. The fourth-order valence-corrected chi connectivity index (χ4v) is 5.42. The standard InChI is InChI=1S/C27H26FN3O3/c1-16-26(22-14-18(28)8-11-24(22)31(16)15-25(32)33)17-6-9-19(10-7-17)30-27(34)21-12-13-29-23-5-3-2-4-20(21)23/h2-5,8,11-14,17,19H,6-7,9-10,15H2,1H3,(H,30,34)(H,32,33). The van der Waals surface area contributed by atoms with Crippen molar-refractivity contribution in [1.82, 2.24) is 14.9 Å². The van der Waals surface area contributed by atoms with E-state index in [1.54, 1.807) is 22.9 Å². The molecule has 7 heteroatoms. The van der Waals surface area contributed by atoms with E-state index in [1.807, 2.05) is 31.2 Å². The molecule has 174 valence electrons. The number of aliphatic carboxylic acids is 1. The molecule has 0 atom stereocenters. The van der Waals surface area contributed by atoms with E-state index in [2.05, 4.69) is 10.3 Å². The van der Waals surface area contributed by atoms with Crippen LogP contribution in [0.4, 0.5) is 4.39 Å². The summed E-state index contributed by atoms with van der Waals surface area (Å²) in [5, 5.41) is 14.2. The van der Waals surface area contributed by atoms with Gasteiger partial charge in [-0.1, -0.05) is 18.2 Å². The molecule has 0 unspecified atom stereocenters. The van der Waals surface area contributed by atoms with Gasteiger partial charge in [0.05, 0.1) is 11.1 Å². The minimum absolute atomic E-state index is 0.0556. The van der Waals surface area contributed by atoms with Crippen molar-refractivity contribution in [3.8, 4) is 0 Å². The number of hydrogen-bond donors (Lipinski definition) is 2. The van der Waals surface area contributed by atoms with E-state index in [0.717, 1.165) is 58.7 Å². The molecule has 6 nitrogen and oxygen atoms in total. The predicted molar refractivity (Wildman–Crippen MR) is 128 cm³/mol. The number of benzene rings is 2. The third-order valence-electron chi connectivity index (χ3n) is 6.99. The maximum absolute atomic E-state index is 14.1. The molecule has 0 radical (unpaired) electrons. The second-order valence-corrected chi connectivity index (χ2v) is 9.04. The van der Waals surface area contributed by atoms with Crippen molar-refractivity contribution in [3.63, 3.8) is 0 Å². The van der Waals surface area contributed by atoms with Crippen LogP contribution in [-0.4, -0.2) is 32.6 Å². The molecule has 1 saturated carbocycles. The molecule has 1 fully saturated rings. The molecule has 2 aromatic carbocycles. The first-order chi connectivity index (χ1) is 16.4. The van der Waals surface area contributed by atoms with E-state index in [9.17, 15) is 19.1 Å². The van der Waals surface area contributed by atoms with Crippen LogP contribution in [0.3, 0.4) is 0 Å². The number of amides is 1. The Bertz CT molecular complexity index is 1400. The number of carbonyl (C=O) groups is 2. The number of carbonyl (C=O) groups excluding carboxylic acids is 1. The number of halogens is 1. The second kappa shape index (κ2) is 8.89. The number of aromatic nitrogens is 2. The Labute approximate surface area is 196 Å². The number of carboxylic acids is 1. The average molecular weight is 460 g/mol. The number of hydrogen-bond acceptors (Lipinski definition) is 3. The highest BCUT2D eigenvalue weighted by Gasteiger charge is 2.29. The largest absolute Gasteiger partial charge is 0.480 e. The number of carboxylic acid groups (broad SMARTS) is 1. The van der Waals surface area contributed by atoms with Crippen molar-refractivity contribution in [2.45, 2.75) is 51.1 Å². The molecule has 5 rings (SSSR count).